The van der Waals surface area contributed by atoms with Crippen molar-refractivity contribution in [3.05, 3.63) is 62.4 Å². The lowest BCUT2D eigenvalue weighted by Gasteiger charge is -1.96. The van der Waals surface area contributed by atoms with Crippen LogP contribution in [0, 0.1) is 20.8 Å². The van der Waals surface area contributed by atoms with E-state index in [2.05, 4.69) is 39.8 Å². The Kier molecular flexibility index (Phi) is 7.76. The number of ether oxygens (including phenoxy) is 1. The maximum atomic E-state index is 11.3. The van der Waals surface area contributed by atoms with Crippen LogP contribution in [0.5, 0.6) is 0 Å². The summed E-state index contributed by atoms with van der Waals surface area (Å²) in [5.74, 6) is -0.297. The molecule has 0 saturated carbocycles. The van der Waals surface area contributed by atoms with Crippen LogP contribution in [0.4, 0.5) is 0 Å². The zero-order chi connectivity index (χ0) is 17.4. The Morgan fingerprint density at radius 2 is 1.78 bits per heavy atom. The van der Waals surface area contributed by atoms with Crippen LogP contribution in [-0.2, 0) is 9.53 Å². The maximum absolute atomic E-state index is 11.3. The number of hydrogen-bond acceptors (Lipinski definition) is 3. The fourth-order valence-electron chi connectivity index (χ4n) is 1.96. The predicted octanol–water partition coefficient (Wildman–Crippen LogP) is 5.70. The van der Waals surface area contributed by atoms with Gasteiger partial charge in [0.05, 0.1) is 6.61 Å². The molecule has 1 aromatic rings. The fourth-order valence-corrected chi connectivity index (χ4v) is 3.04. The molecule has 0 unspecified atom stereocenters. The lowest BCUT2D eigenvalue weighted by molar-refractivity contribution is -0.137. The monoisotopic (exact) mass is 330 g/mol. The number of carbonyl (C=O) groups excluding carboxylic acids is 1. The minimum absolute atomic E-state index is 0.297. The SMILES string of the molecule is CCOC(=O)/C=C(\C)C=CC=C(C)C=Cc1sc(C)c(C)c1C. The summed E-state index contributed by atoms with van der Waals surface area (Å²) in [4.78, 5) is 14.0. The Morgan fingerprint density at radius 3 is 2.35 bits per heavy atom. The first-order chi connectivity index (χ1) is 10.8. The molecular formula is C20H26O2S. The van der Waals surface area contributed by atoms with Crippen LogP contribution in [-0.4, -0.2) is 12.6 Å². The average Bonchev–Trinajstić information content (AvgIpc) is 2.72. The lowest BCUT2D eigenvalue weighted by atomic mass is 10.1. The molecule has 3 heteroatoms. The highest BCUT2D eigenvalue weighted by Gasteiger charge is 2.04. The first-order valence-electron chi connectivity index (χ1n) is 7.79. The molecule has 23 heavy (non-hydrogen) atoms. The molecule has 1 aromatic heterocycles. The predicted molar refractivity (Wildman–Crippen MR) is 101 cm³/mol. The largest absolute Gasteiger partial charge is 0.463 e. The summed E-state index contributed by atoms with van der Waals surface area (Å²) in [5.41, 5.74) is 4.78. The van der Waals surface area contributed by atoms with Gasteiger partial charge in [-0.05, 0) is 64.3 Å². The van der Waals surface area contributed by atoms with Gasteiger partial charge in [0.2, 0.25) is 0 Å². The van der Waals surface area contributed by atoms with Crippen molar-refractivity contribution in [3.63, 3.8) is 0 Å². The van der Waals surface area contributed by atoms with E-state index in [1.165, 1.54) is 27.0 Å². The van der Waals surface area contributed by atoms with Crippen molar-refractivity contribution in [1.29, 1.82) is 0 Å². The number of allylic oxidation sites excluding steroid dienone is 6. The summed E-state index contributed by atoms with van der Waals surface area (Å²) in [6, 6.07) is 0. The molecular weight excluding hydrogens is 304 g/mol. The molecule has 0 amide bonds. The second-order valence-electron chi connectivity index (χ2n) is 5.52. The van der Waals surface area contributed by atoms with Crippen LogP contribution in [0.2, 0.25) is 0 Å². The molecule has 1 rings (SSSR count). The zero-order valence-corrected chi connectivity index (χ0v) is 15.7. The summed E-state index contributed by atoms with van der Waals surface area (Å²) in [5, 5.41) is 0. The van der Waals surface area contributed by atoms with Crippen LogP contribution in [0.1, 0.15) is 41.7 Å². The Morgan fingerprint density at radius 1 is 1.09 bits per heavy atom. The fraction of sp³-hybridized carbons (Fsp3) is 0.350. The second kappa shape index (κ2) is 9.31. The van der Waals surface area contributed by atoms with Gasteiger partial charge < -0.3 is 4.74 Å². The molecule has 0 saturated heterocycles. The molecule has 0 atom stereocenters. The van der Waals surface area contributed by atoms with Gasteiger partial charge in [-0.25, -0.2) is 4.79 Å². The minimum atomic E-state index is -0.297. The number of carbonyl (C=O) groups is 1. The van der Waals surface area contributed by atoms with E-state index in [9.17, 15) is 4.79 Å². The van der Waals surface area contributed by atoms with E-state index >= 15 is 0 Å². The van der Waals surface area contributed by atoms with Crippen molar-refractivity contribution in [2.24, 2.45) is 0 Å². The zero-order valence-electron chi connectivity index (χ0n) is 14.9. The van der Waals surface area contributed by atoms with Crippen molar-refractivity contribution >= 4 is 23.4 Å². The van der Waals surface area contributed by atoms with Crippen molar-refractivity contribution < 1.29 is 9.53 Å². The van der Waals surface area contributed by atoms with Gasteiger partial charge in [0.25, 0.3) is 0 Å². The summed E-state index contributed by atoms with van der Waals surface area (Å²) in [6.45, 7) is 12.6. The van der Waals surface area contributed by atoms with Gasteiger partial charge in [-0.2, -0.15) is 0 Å². The van der Waals surface area contributed by atoms with Crippen molar-refractivity contribution in [1.82, 2.24) is 0 Å². The maximum Gasteiger partial charge on any atom is 0.330 e. The molecule has 0 aliphatic carbocycles. The molecule has 124 valence electrons. The van der Waals surface area contributed by atoms with Gasteiger partial charge in [-0.1, -0.05) is 29.9 Å². The minimum Gasteiger partial charge on any atom is -0.463 e. The number of thiophene rings is 1. The van der Waals surface area contributed by atoms with Crippen LogP contribution in [0.25, 0.3) is 6.08 Å². The Bertz CT molecular complexity index is 670. The third-order valence-electron chi connectivity index (χ3n) is 3.57. The van der Waals surface area contributed by atoms with Gasteiger partial charge in [0.15, 0.2) is 0 Å². The van der Waals surface area contributed by atoms with Crippen molar-refractivity contribution in [2.75, 3.05) is 6.61 Å². The molecule has 0 bridgehead atoms. The molecule has 1 heterocycles. The summed E-state index contributed by atoms with van der Waals surface area (Å²) in [7, 11) is 0. The number of esters is 1. The lowest BCUT2D eigenvalue weighted by Crippen LogP contribution is -1.99. The Hall–Kier alpha value is -1.87. The van der Waals surface area contributed by atoms with Crippen LogP contribution >= 0.6 is 11.3 Å². The van der Waals surface area contributed by atoms with E-state index in [1.807, 2.05) is 36.5 Å². The third kappa shape index (κ3) is 6.41. The van der Waals surface area contributed by atoms with E-state index in [-0.39, 0.29) is 5.97 Å². The normalized spacial score (nSPS) is 13.3. The molecule has 0 fully saturated rings. The highest BCUT2D eigenvalue weighted by molar-refractivity contribution is 7.13. The van der Waals surface area contributed by atoms with E-state index in [0.29, 0.717) is 6.61 Å². The van der Waals surface area contributed by atoms with Crippen LogP contribution < -0.4 is 0 Å². The molecule has 2 nitrogen and oxygen atoms in total. The summed E-state index contributed by atoms with van der Waals surface area (Å²) >= 11 is 1.83. The molecule has 0 radical (unpaired) electrons. The highest BCUT2D eigenvalue weighted by atomic mass is 32.1. The topological polar surface area (TPSA) is 26.3 Å². The second-order valence-corrected chi connectivity index (χ2v) is 6.77. The van der Waals surface area contributed by atoms with Crippen LogP contribution in [0.15, 0.2) is 41.5 Å². The average molecular weight is 330 g/mol. The number of rotatable bonds is 6. The Labute approximate surface area is 143 Å². The first kappa shape index (κ1) is 19.2. The van der Waals surface area contributed by atoms with Gasteiger partial charge in [-0.15, -0.1) is 11.3 Å². The van der Waals surface area contributed by atoms with Gasteiger partial charge in [-0.3, -0.25) is 0 Å². The summed E-state index contributed by atoms with van der Waals surface area (Å²) in [6.07, 6.45) is 11.7. The van der Waals surface area contributed by atoms with E-state index in [4.69, 9.17) is 4.74 Å². The van der Waals surface area contributed by atoms with E-state index < -0.39 is 0 Å². The van der Waals surface area contributed by atoms with Gasteiger partial charge >= 0.3 is 5.97 Å². The van der Waals surface area contributed by atoms with E-state index in [0.717, 1.165) is 11.1 Å². The smallest absolute Gasteiger partial charge is 0.330 e. The highest BCUT2D eigenvalue weighted by Crippen LogP contribution is 2.27. The molecule has 0 N–H and O–H groups in total. The standard InChI is InChI=1S/C20H26O2S/c1-7-22-20(21)13-15(3)10-8-9-14(2)11-12-19-17(5)16(4)18(6)23-19/h8-13H,7H2,1-6H3/b10-8?,12-11?,14-9?,15-13+. The first-order valence-corrected chi connectivity index (χ1v) is 8.61. The summed E-state index contributed by atoms with van der Waals surface area (Å²) < 4.78 is 4.88. The molecule has 0 aromatic carbocycles. The van der Waals surface area contributed by atoms with Gasteiger partial charge in [0.1, 0.15) is 0 Å². The number of aryl methyl sites for hydroxylation is 1. The van der Waals surface area contributed by atoms with E-state index in [1.54, 1.807) is 6.92 Å². The Balaban J connectivity index is 2.70. The van der Waals surface area contributed by atoms with Crippen molar-refractivity contribution in [3.8, 4) is 0 Å². The number of hydrogen-bond donors (Lipinski definition) is 0. The third-order valence-corrected chi connectivity index (χ3v) is 4.85. The molecule has 0 aliphatic rings. The molecule has 0 spiro atoms. The van der Waals surface area contributed by atoms with Crippen LogP contribution in [0.3, 0.4) is 0 Å². The molecule has 0 aliphatic heterocycles. The quantitative estimate of drug-likeness (QED) is 0.380. The van der Waals surface area contributed by atoms with Crippen molar-refractivity contribution in [2.45, 2.75) is 41.5 Å². The van der Waals surface area contributed by atoms with Gasteiger partial charge in [0, 0.05) is 15.8 Å².